The molecule has 21 heavy (non-hydrogen) atoms. The number of rotatable bonds is 4. The maximum atomic E-state index is 12.0. The predicted octanol–water partition coefficient (Wildman–Crippen LogP) is 2.69. The molecule has 0 saturated carbocycles. The summed E-state index contributed by atoms with van der Waals surface area (Å²) in [6.45, 7) is 9.47. The fourth-order valence-electron chi connectivity index (χ4n) is 1.77. The monoisotopic (exact) mass is 286 g/mol. The van der Waals surface area contributed by atoms with Crippen molar-refractivity contribution in [3.8, 4) is 11.8 Å². The molecule has 114 valence electrons. The second-order valence-corrected chi connectivity index (χ2v) is 6.45. The second kappa shape index (κ2) is 7.85. The molecule has 0 aromatic heterocycles. The van der Waals surface area contributed by atoms with Crippen LogP contribution in [0.2, 0.25) is 0 Å². The van der Waals surface area contributed by atoms with Crippen LogP contribution >= 0.6 is 0 Å². The first-order valence-corrected chi connectivity index (χ1v) is 7.37. The Balaban J connectivity index is 2.53. The minimum atomic E-state index is 0.0934. The molecular weight excluding hydrogens is 260 g/mol. The minimum absolute atomic E-state index is 0.0934. The summed E-state index contributed by atoms with van der Waals surface area (Å²) in [6, 6.07) is 7.85. The van der Waals surface area contributed by atoms with Gasteiger partial charge in [0.2, 0.25) is 5.91 Å². The smallest absolute Gasteiger partial charge is 0.220 e. The van der Waals surface area contributed by atoms with E-state index in [4.69, 9.17) is 5.73 Å². The van der Waals surface area contributed by atoms with Crippen molar-refractivity contribution in [2.75, 3.05) is 6.54 Å². The Kier molecular flexibility index (Phi) is 6.45. The van der Waals surface area contributed by atoms with Gasteiger partial charge in [-0.3, -0.25) is 4.79 Å². The highest BCUT2D eigenvalue weighted by molar-refractivity contribution is 5.76. The molecule has 0 fully saturated rings. The van der Waals surface area contributed by atoms with Gasteiger partial charge in [-0.25, -0.2) is 0 Å². The van der Waals surface area contributed by atoms with Crippen LogP contribution in [0.3, 0.4) is 0 Å². The molecule has 1 rings (SSSR count). The third kappa shape index (κ3) is 6.46. The zero-order valence-corrected chi connectivity index (χ0v) is 13.5. The van der Waals surface area contributed by atoms with Gasteiger partial charge in [-0.05, 0) is 29.0 Å². The van der Waals surface area contributed by atoms with E-state index < -0.39 is 0 Å². The molecule has 0 aliphatic carbocycles. The van der Waals surface area contributed by atoms with Gasteiger partial charge in [0.15, 0.2) is 0 Å². The van der Waals surface area contributed by atoms with Crippen molar-refractivity contribution in [1.29, 1.82) is 0 Å². The lowest BCUT2D eigenvalue weighted by Gasteiger charge is -2.26. The fourth-order valence-corrected chi connectivity index (χ4v) is 1.77. The molecule has 0 radical (unpaired) electrons. The van der Waals surface area contributed by atoms with Gasteiger partial charge in [-0.1, -0.05) is 51.7 Å². The third-order valence-electron chi connectivity index (χ3n) is 3.72. The fraction of sp³-hybridized carbons (Fsp3) is 0.500. The van der Waals surface area contributed by atoms with Crippen LogP contribution in [0.15, 0.2) is 24.3 Å². The molecule has 1 aromatic rings. The van der Waals surface area contributed by atoms with E-state index in [0.717, 1.165) is 11.1 Å². The summed E-state index contributed by atoms with van der Waals surface area (Å²) in [5.41, 5.74) is 7.49. The van der Waals surface area contributed by atoms with E-state index in [1.54, 1.807) is 0 Å². The first-order chi connectivity index (χ1) is 9.82. The maximum Gasteiger partial charge on any atom is 0.220 e. The van der Waals surface area contributed by atoms with Gasteiger partial charge in [-0.2, -0.15) is 0 Å². The second-order valence-electron chi connectivity index (χ2n) is 6.45. The third-order valence-corrected chi connectivity index (χ3v) is 3.72. The van der Waals surface area contributed by atoms with Gasteiger partial charge >= 0.3 is 0 Å². The maximum absolute atomic E-state index is 12.0. The van der Waals surface area contributed by atoms with Crippen molar-refractivity contribution in [2.45, 2.75) is 40.7 Å². The average Bonchev–Trinajstić information content (AvgIpc) is 2.42. The summed E-state index contributed by atoms with van der Waals surface area (Å²) >= 11 is 0. The van der Waals surface area contributed by atoms with Crippen molar-refractivity contribution >= 4 is 5.91 Å². The summed E-state index contributed by atoms with van der Waals surface area (Å²) < 4.78 is 0. The van der Waals surface area contributed by atoms with Crippen LogP contribution in [-0.4, -0.2) is 12.5 Å². The highest BCUT2D eigenvalue weighted by Crippen LogP contribution is 2.27. The Morgan fingerprint density at radius 2 is 2.10 bits per heavy atom. The molecule has 1 atom stereocenters. The van der Waals surface area contributed by atoms with Crippen molar-refractivity contribution in [3.05, 3.63) is 35.4 Å². The normalized spacial score (nSPS) is 12.2. The van der Waals surface area contributed by atoms with E-state index >= 15 is 0 Å². The Morgan fingerprint density at radius 3 is 2.71 bits per heavy atom. The topological polar surface area (TPSA) is 55.1 Å². The van der Waals surface area contributed by atoms with E-state index in [0.29, 0.717) is 25.4 Å². The standard InChI is InChI=1S/C18H26N2O/c1-14(18(2,3)4)11-17(21)20-13-16-8-5-7-15(12-16)9-6-10-19/h5,7-8,12,14H,10-11,13,19H2,1-4H3,(H,20,21). The quantitative estimate of drug-likeness (QED) is 0.836. The number of nitrogens with two attached hydrogens (primary N) is 1. The van der Waals surface area contributed by atoms with Gasteiger partial charge in [0.25, 0.3) is 0 Å². The number of hydrogen-bond acceptors (Lipinski definition) is 2. The van der Waals surface area contributed by atoms with E-state index in [9.17, 15) is 4.79 Å². The molecule has 0 spiro atoms. The largest absolute Gasteiger partial charge is 0.352 e. The Labute approximate surface area is 128 Å². The molecule has 0 heterocycles. The van der Waals surface area contributed by atoms with E-state index in [1.807, 2.05) is 24.3 Å². The summed E-state index contributed by atoms with van der Waals surface area (Å²) in [4.78, 5) is 12.0. The SMILES string of the molecule is CC(CC(=O)NCc1cccc(C#CCN)c1)C(C)(C)C. The molecule has 0 saturated heterocycles. The summed E-state index contributed by atoms with van der Waals surface area (Å²) in [5, 5.41) is 2.97. The van der Waals surface area contributed by atoms with Gasteiger partial charge in [0, 0.05) is 18.5 Å². The van der Waals surface area contributed by atoms with E-state index in [-0.39, 0.29) is 11.3 Å². The Hall–Kier alpha value is -1.79. The van der Waals surface area contributed by atoms with Gasteiger partial charge in [0.1, 0.15) is 0 Å². The number of hydrogen-bond donors (Lipinski definition) is 2. The lowest BCUT2D eigenvalue weighted by Crippen LogP contribution is -2.28. The predicted molar refractivity (Wildman–Crippen MR) is 87.5 cm³/mol. The van der Waals surface area contributed by atoms with E-state index in [2.05, 4.69) is 44.9 Å². The Morgan fingerprint density at radius 1 is 1.38 bits per heavy atom. The molecule has 3 nitrogen and oxygen atoms in total. The molecule has 3 N–H and O–H groups in total. The molecule has 1 unspecified atom stereocenters. The lowest BCUT2D eigenvalue weighted by atomic mass is 9.80. The molecule has 3 heteroatoms. The summed E-state index contributed by atoms with van der Waals surface area (Å²) in [5.74, 6) is 6.27. The first kappa shape index (κ1) is 17.3. The van der Waals surface area contributed by atoms with Gasteiger partial charge < -0.3 is 11.1 Å². The van der Waals surface area contributed by atoms with Crippen LogP contribution in [-0.2, 0) is 11.3 Å². The Bertz CT molecular complexity index is 532. The van der Waals surface area contributed by atoms with Crippen molar-refractivity contribution in [2.24, 2.45) is 17.1 Å². The number of carbonyl (C=O) groups excluding carboxylic acids is 1. The zero-order chi connectivity index (χ0) is 15.9. The highest BCUT2D eigenvalue weighted by Gasteiger charge is 2.22. The van der Waals surface area contributed by atoms with Crippen LogP contribution in [0.4, 0.5) is 0 Å². The molecular formula is C18H26N2O. The summed E-state index contributed by atoms with van der Waals surface area (Å²) in [7, 11) is 0. The van der Waals surface area contributed by atoms with Gasteiger partial charge in [-0.15, -0.1) is 0 Å². The van der Waals surface area contributed by atoms with Crippen LogP contribution < -0.4 is 11.1 Å². The molecule has 1 aromatic carbocycles. The molecule has 1 amide bonds. The number of amides is 1. The van der Waals surface area contributed by atoms with Crippen LogP contribution in [0.25, 0.3) is 0 Å². The lowest BCUT2D eigenvalue weighted by molar-refractivity contribution is -0.122. The molecule has 0 aliphatic heterocycles. The van der Waals surface area contributed by atoms with Crippen molar-refractivity contribution in [3.63, 3.8) is 0 Å². The van der Waals surface area contributed by atoms with Crippen molar-refractivity contribution < 1.29 is 4.79 Å². The first-order valence-electron chi connectivity index (χ1n) is 7.37. The molecule has 0 bridgehead atoms. The average molecular weight is 286 g/mol. The van der Waals surface area contributed by atoms with Crippen LogP contribution in [0.1, 0.15) is 45.2 Å². The van der Waals surface area contributed by atoms with Crippen LogP contribution in [0, 0.1) is 23.2 Å². The number of benzene rings is 1. The van der Waals surface area contributed by atoms with Crippen LogP contribution in [0.5, 0.6) is 0 Å². The van der Waals surface area contributed by atoms with E-state index in [1.165, 1.54) is 0 Å². The molecule has 0 aliphatic rings. The highest BCUT2D eigenvalue weighted by atomic mass is 16.1. The summed E-state index contributed by atoms with van der Waals surface area (Å²) in [6.07, 6.45) is 0.552. The number of nitrogens with one attached hydrogen (secondary N) is 1. The number of carbonyl (C=O) groups is 1. The zero-order valence-electron chi connectivity index (χ0n) is 13.5. The minimum Gasteiger partial charge on any atom is -0.352 e. The van der Waals surface area contributed by atoms with Crippen molar-refractivity contribution in [1.82, 2.24) is 5.32 Å². The van der Waals surface area contributed by atoms with Gasteiger partial charge in [0.05, 0.1) is 6.54 Å².